The molecule has 1 fully saturated rings. The Bertz CT molecular complexity index is 748. The van der Waals surface area contributed by atoms with E-state index in [4.69, 9.17) is 0 Å². The highest BCUT2D eigenvalue weighted by Crippen LogP contribution is 2.26. The molecule has 0 aliphatic heterocycles. The van der Waals surface area contributed by atoms with Crippen molar-refractivity contribution in [1.29, 1.82) is 0 Å². The Labute approximate surface area is 154 Å². The summed E-state index contributed by atoms with van der Waals surface area (Å²) < 4.78 is 1.29. The third-order valence-corrected chi connectivity index (χ3v) is 5.43. The number of hydrogen-bond donors (Lipinski definition) is 3. The molecule has 0 spiro atoms. The molecule has 0 radical (unpaired) electrons. The van der Waals surface area contributed by atoms with E-state index >= 15 is 0 Å². The number of aliphatic hydroxyl groups excluding tert-OH is 1. The Balaban J connectivity index is 1.43. The fourth-order valence-electron chi connectivity index (χ4n) is 3.05. The van der Waals surface area contributed by atoms with Crippen LogP contribution in [0, 0.1) is 12.8 Å². The number of tetrazole rings is 1. The van der Waals surface area contributed by atoms with Crippen LogP contribution in [0.4, 0.5) is 0 Å². The molecule has 1 aliphatic carbocycles. The summed E-state index contributed by atoms with van der Waals surface area (Å²) in [5, 5.41) is 26.3. The van der Waals surface area contributed by atoms with Crippen LogP contribution in [0.2, 0.25) is 0 Å². The Morgan fingerprint density at radius 1 is 1.42 bits per heavy atom. The number of thiazole rings is 1. The Kier molecular flexibility index (Phi) is 5.89. The number of amides is 2. The van der Waals surface area contributed by atoms with Crippen molar-refractivity contribution in [3.05, 3.63) is 22.4 Å². The monoisotopic (exact) mass is 379 g/mol. The van der Waals surface area contributed by atoms with Crippen molar-refractivity contribution < 1.29 is 14.7 Å². The van der Waals surface area contributed by atoms with Gasteiger partial charge in [0.15, 0.2) is 0 Å². The molecule has 2 aromatic rings. The quantitative estimate of drug-likeness (QED) is 0.564. The zero-order valence-electron chi connectivity index (χ0n) is 14.3. The maximum Gasteiger partial charge on any atom is 0.242 e. The van der Waals surface area contributed by atoms with Gasteiger partial charge in [0.1, 0.15) is 12.9 Å². The first-order valence-corrected chi connectivity index (χ1v) is 9.25. The molecule has 2 heterocycles. The second-order valence-corrected chi connectivity index (χ2v) is 7.26. The van der Waals surface area contributed by atoms with Gasteiger partial charge in [0.2, 0.25) is 11.8 Å². The van der Waals surface area contributed by atoms with Crippen molar-refractivity contribution in [2.75, 3.05) is 6.54 Å². The molecule has 26 heavy (non-hydrogen) atoms. The minimum atomic E-state index is -0.743. The van der Waals surface area contributed by atoms with E-state index in [0.29, 0.717) is 19.4 Å². The van der Waals surface area contributed by atoms with Crippen LogP contribution in [0.3, 0.4) is 0 Å². The summed E-state index contributed by atoms with van der Waals surface area (Å²) >= 11 is 1.58. The Morgan fingerprint density at radius 3 is 2.96 bits per heavy atom. The molecule has 1 saturated carbocycles. The second-order valence-electron chi connectivity index (χ2n) is 6.32. The van der Waals surface area contributed by atoms with E-state index in [1.165, 1.54) is 11.0 Å². The molecule has 2 aromatic heterocycles. The lowest BCUT2D eigenvalue weighted by molar-refractivity contribution is -0.125. The SMILES string of the molecule is Cc1ncsc1CCNC(=O)[C@H]1C[C@H](NC(=O)Cn2cnnn2)[C@@H](O)C1. The van der Waals surface area contributed by atoms with Gasteiger partial charge < -0.3 is 15.7 Å². The van der Waals surface area contributed by atoms with E-state index in [0.717, 1.165) is 17.0 Å². The van der Waals surface area contributed by atoms with Gasteiger partial charge in [-0.3, -0.25) is 9.59 Å². The molecule has 0 bridgehead atoms. The van der Waals surface area contributed by atoms with E-state index in [9.17, 15) is 14.7 Å². The van der Waals surface area contributed by atoms with Crippen LogP contribution in [-0.4, -0.2) is 60.8 Å². The summed E-state index contributed by atoms with van der Waals surface area (Å²) in [6, 6.07) is -0.446. The summed E-state index contributed by atoms with van der Waals surface area (Å²) in [6.07, 6.45) is 2.08. The van der Waals surface area contributed by atoms with Crippen molar-refractivity contribution >= 4 is 23.2 Å². The van der Waals surface area contributed by atoms with E-state index in [1.807, 2.05) is 6.92 Å². The third kappa shape index (κ3) is 4.61. The van der Waals surface area contributed by atoms with Crippen molar-refractivity contribution in [1.82, 2.24) is 35.8 Å². The highest BCUT2D eigenvalue weighted by Gasteiger charge is 2.37. The number of aryl methyl sites for hydroxylation is 1. The van der Waals surface area contributed by atoms with Gasteiger partial charge in [-0.2, -0.15) is 0 Å². The molecule has 0 unspecified atom stereocenters. The number of carbonyl (C=O) groups excluding carboxylic acids is 2. The standard InChI is InChI=1S/C15H21N7O3S/c1-9-13(26-8-17-9)2-3-16-15(25)10-4-11(12(23)5-10)19-14(24)6-22-7-18-20-21-22/h7-8,10-12,23H,2-6H2,1H3,(H,16,25)(H,19,24)/t10-,11-,12-/m0/s1. The number of aliphatic hydroxyl groups is 1. The largest absolute Gasteiger partial charge is 0.391 e. The number of carbonyl (C=O) groups is 2. The summed E-state index contributed by atoms with van der Waals surface area (Å²) in [6.45, 7) is 2.45. The number of nitrogens with one attached hydrogen (secondary N) is 2. The van der Waals surface area contributed by atoms with Crippen molar-refractivity contribution in [2.24, 2.45) is 5.92 Å². The molecule has 0 saturated heterocycles. The minimum Gasteiger partial charge on any atom is -0.391 e. The number of hydrogen-bond acceptors (Lipinski definition) is 8. The Hall–Kier alpha value is -2.40. The van der Waals surface area contributed by atoms with Gasteiger partial charge in [-0.15, -0.1) is 16.4 Å². The molecule has 11 heteroatoms. The highest BCUT2D eigenvalue weighted by molar-refractivity contribution is 7.09. The highest BCUT2D eigenvalue weighted by atomic mass is 32.1. The van der Waals surface area contributed by atoms with Gasteiger partial charge in [-0.25, -0.2) is 9.67 Å². The van der Waals surface area contributed by atoms with Crippen molar-refractivity contribution in [3.63, 3.8) is 0 Å². The lowest BCUT2D eigenvalue weighted by atomic mass is 10.1. The molecule has 3 atom stereocenters. The van der Waals surface area contributed by atoms with Crippen LogP contribution in [0.1, 0.15) is 23.4 Å². The van der Waals surface area contributed by atoms with Gasteiger partial charge in [0.25, 0.3) is 0 Å². The van der Waals surface area contributed by atoms with Crippen LogP contribution >= 0.6 is 11.3 Å². The van der Waals surface area contributed by atoms with Gasteiger partial charge in [-0.05, 0) is 30.2 Å². The molecule has 3 N–H and O–H groups in total. The lowest BCUT2D eigenvalue weighted by Crippen LogP contribution is -2.41. The predicted octanol–water partition coefficient (Wildman–Crippen LogP) is -0.947. The average molecular weight is 379 g/mol. The molecule has 0 aromatic carbocycles. The predicted molar refractivity (Wildman–Crippen MR) is 92.0 cm³/mol. The van der Waals surface area contributed by atoms with Crippen molar-refractivity contribution in [2.45, 2.75) is 44.9 Å². The van der Waals surface area contributed by atoms with Crippen molar-refractivity contribution in [3.8, 4) is 0 Å². The maximum absolute atomic E-state index is 12.3. The third-order valence-electron chi connectivity index (χ3n) is 4.44. The number of aromatic nitrogens is 5. The van der Waals surface area contributed by atoms with Gasteiger partial charge >= 0.3 is 0 Å². The molecule has 140 valence electrons. The molecular weight excluding hydrogens is 358 g/mol. The van der Waals surface area contributed by atoms with Crippen LogP contribution < -0.4 is 10.6 Å². The van der Waals surface area contributed by atoms with Crippen LogP contribution in [0.25, 0.3) is 0 Å². The maximum atomic E-state index is 12.3. The van der Waals surface area contributed by atoms with E-state index < -0.39 is 12.1 Å². The van der Waals surface area contributed by atoms with E-state index in [2.05, 4.69) is 31.1 Å². The molecular formula is C15H21N7O3S. The summed E-state index contributed by atoms with van der Waals surface area (Å²) in [5.41, 5.74) is 2.79. The van der Waals surface area contributed by atoms with Crippen LogP contribution in [0.15, 0.2) is 11.8 Å². The average Bonchev–Trinajstić information content (AvgIpc) is 3.32. The lowest BCUT2D eigenvalue weighted by Gasteiger charge is -2.16. The first kappa shape index (κ1) is 18.4. The molecule has 2 amide bonds. The topological polar surface area (TPSA) is 135 Å². The van der Waals surface area contributed by atoms with Crippen LogP contribution in [0.5, 0.6) is 0 Å². The van der Waals surface area contributed by atoms with Gasteiger partial charge in [0, 0.05) is 23.8 Å². The first-order chi connectivity index (χ1) is 12.5. The smallest absolute Gasteiger partial charge is 0.242 e. The molecule has 10 nitrogen and oxygen atoms in total. The zero-order chi connectivity index (χ0) is 18.5. The fraction of sp³-hybridized carbons (Fsp3) is 0.600. The van der Waals surface area contributed by atoms with Crippen LogP contribution in [-0.2, 0) is 22.6 Å². The van der Waals surface area contributed by atoms with Gasteiger partial charge in [-0.1, -0.05) is 0 Å². The van der Waals surface area contributed by atoms with E-state index in [1.54, 1.807) is 16.8 Å². The normalized spacial score (nSPS) is 22.3. The second kappa shape index (κ2) is 8.32. The molecule has 1 aliphatic rings. The summed E-state index contributed by atoms with van der Waals surface area (Å²) in [4.78, 5) is 29.6. The minimum absolute atomic E-state index is 0.0265. The first-order valence-electron chi connectivity index (χ1n) is 8.38. The zero-order valence-corrected chi connectivity index (χ0v) is 15.1. The van der Waals surface area contributed by atoms with Gasteiger partial charge in [0.05, 0.1) is 23.4 Å². The summed E-state index contributed by atoms with van der Waals surface area (Å²) in [7, 11) is 0. The summed E-state index contributed by atoms with van der Waals surface area (Å²) in [5.74, 6) is -0.711. The number of rotatable bonds is 7. The fourth-order valence-corrected chi connectivity index (χ4v) is 3.83. The molecule has 3 rings (SSSR count). The van der Waals surface area contributed by atoms with E-state index in [-0.39, 0.29) is 24.3 Å². The Morgan fingerprint density at radius 2 is 2.27 bits per heavy atom. The number of nitrogens with zero attached hydrogens (tertiary/aromatic N) is 5.